The maximum absolute atomic E-state index is 11.0. The molecular formula is C20H28Cl2O5S. The number of aliphatic carboxylic acids is 2. The highest BCUT2D eigenvalue weighted by Crippen LogP contribution is 2.23. The van der Waals surface area contributed by atoms with Crippen LogP contribution in [0.5, 0.6) is 0 Å². The number of carboxylic acid groups (broad SMARTS) is 2. The van der Waals surface area contributed by atoms with Crippen LogP contribution in [0.15, 0.2) is 18.2 Å². The molecule has 1 aromatic rings. The van der Waals surface area contributed by atoms with Gasteiger partial charge in [-0.2, -0.15) is 11.8 Å². The molecule has 0 aliphatic heterocycles. The Morgan fingerprint density at radius 1 is 0.964 bits per heavy atom. The first kappa shape index (κ1) is 25.1. The molecule has 0 radical (unpaired) electrons. The van der Waals surface area contributed by atoms with Gasteiger partial charge in [-0.1, -0.05) is 61.4 Å². The summed E-state index contributed by atoms with van der Waals surface area (Å²) in [7, 11) is 0. The van der Waals surface area contributed by atoms with Crippen molar-refractivity contribution < 1.29 is 24.9 Å². The maximum atomic E-state index is 11.0. The van der Waals surface area contributed by atoms with Crippen LogP contribution in [-0.2, 0) is 16.0 Å². The molecule has 0 aromatic heterocycles. The van der Waals surface area contributed by atoms with Gasteiger partial charge in [-0.3, -0.25) is 4.79 Å². The van der Waals surface area contributed by atoms with E-state index in [0.29, 0.717) is 10.8 Å². The Bertz CT molecular complexity index is 641. The highest BCUT2D eigenvalue weighted by atomic mass is 35.5. The second kappa shape index (κ2) is 13.3. The van der Waals surface area contributed by atoms with Crippen molar-refractivity contribution in [2.45, 2.75) is 63.4 Å². The fraction of sp³-hybridized carbons (Fsp3) is 0.600. The molecule has 1 aromatic carbocycles. The summed E-state index contributed by atoms with van der Waals surface area (Å²) in [5.74, 6) is -2.20. The largest absolute Gasteiger partial charge is 0.481 e. The number of hydrogen-bond acceptors (Lipinski definition) is 4. The molecule has 0 aliphatic rings. The molecule has 0 bridgehead atoms. The van der Waals surface area contributed by atoms with Gasteiger partial charge in [0.1, 0.15) is 0 Å². The first-order valence-corrected chi connectivity index (χ1v) is 11.3. The number of benzene rings is 1. The van der Waals surface area contributed by atoms with Gasteiger partial charge in [0.25, 0.3) is 0 Å². The molecule has 158 valence electrons. The van der Waals surface area contributed by atoms with Gasteiger partial charge < -0.3 is 15.3 Å². The van der Waals surface area contributed by atoms with E-state index in [9.17, 15) is 14.7 Å². The van der Waals surface area contributed by atoms with Crippen LogP contribution >= 0.6 is 35.0 Å². The van der Waals surface area contributed by atoms with E-state index in [0.717, 1.165) is 62.0 Å². The first-order valence-electron chi connectivity index (χ1n) is 9.44. The van der Waals surface area contributed by atoms with Crippen LogP contribution in [0.2, 0.25) is 10.0 Å². The van der Waals surface area contributed by atoms with Crippen molar-refractivity contribution in [3.63, 3.8) is 0 Å². The van der Waals surface area contributed by atoms with Gasteiger partial charge in [0.15, 0.2) is 5.60 Å². The quantitative estimate of drug-likeness (QED) is 0.314. The SMILES string of the molecule is O=C(O)C[C@](O)(CSCCCCCCCCCc1ccc(Cl)cc1Cl)C(=O)O. The Hall–Kier alpha value is -0.950. The van der Waals surface area contributed by atoms with E-state index in [1.54, 1.807) is 6.07 Å². The minimum atomic E-state index is -2.19. The second-order valence-corrected chi connectivity index (χ2v) is 8.87. The third kappa shape index (κ3) is 10.0. The van der Waals surface area contributed by atoms with Crippen molar-refractivity contribution in [2.75, 3.05) is 11.5 Å². The van der Waals surface area contributed by atoms with E-state index in [2.05, 4.69) is 0 Å². The predicted octanol–water partition coefficient (Wildman–Crippen LogP) is 5.29. The van der Waals surface area contributed by atoms with E-state index >= 15 is 0 Å². The Balaban J connectivity index is 2.03. The molecule has 0 heterocycles. The summed E-state index contributed by atoms with van der Waals surface area (Å²) in [6.45, 7) is 0. The van der Waals surface area contributed by atoms with Gasteiger partial charge >= 0.3 is 11.9 Å². The average Bonchev–Trinajstić information content (AvgIpc) is 2.60. The van der Waals surface area contributed by atoms with Gasteiger partial charge in [-0.25, -0.2) is 4.79 Å². The van der Waals surface area contributed by atoms with E-state index in [-0.39, 0.29) is 5.75 Å². The number of halogens is 2. The van der Waals surface area contributed by atoms with E-state index < -0.39 is 24.0 Å². The second-order valence-electron chi connectivity index (χ2n) is 6.92. The van der Waals surface area contributed by atoms with Crippen LogP contribution in [0.3, 0.4) is 0 Å². The number of carbonyl (C=O) groups is 2. The van der Waals surface area contributed by atoms with Crippen LogP contribution in [0, 0.1) is 0 Å². The lowest BCUT2D eigenvalue weighted by Gasteiger charge is -2.20. The number of thioether (sulfide) groups is 1. The molecule has 3 N–H and O–H groups in total. The standard InChI is InChI=1S/C20H28Cl2O5S/c21-16-10-9-15(17(22)12-16)8-6-4-2-1-3-5-7-11-28-14-20(27,19(25)26)13-18(23)24/h9-10,12,27H,1-8,11,13-14H2,(H,23,24)(H,25,26)/t20-/m0/s1. The summed E-state index contributed by atoms with van der Waals surface area (Å²) in [4.78, 5) is 21.7. The normalized spacial score (nSPS) is 13.2. The van der Waals surface area contributed by atoms with Crippen molar-refractivity contribution in [2.24, 2.45) is 0 Å². The Morgan fingerprint density at radius 3 is 2.14 bits per heavy atom. The Labute approximate surface area is 180 Å². The third-order valence-electron chi connectivity index (χ3n) is 4.43. The lowest BCUT2D eigenvalue weighted by atomic mass is 10.0. The third-order valence-corrected chi connectivity index (χ3v) is 6.28. The van der Waals surface area contributed by atoms with Gasteiger partial charge in [-0.15, -0.1) is 0 Å². The summed E-state index contributed by atoms with van der Waals surface area (Å²) < 4.78 is 0. The van der Waals surface area contributed by atoms with Crippen LogP contribution < -0.4 is 0 Å². The average molecular weight is 451 g/mol. The highest BCUT2D eigenvalue weighted by Gasteiger charge is 2.38. The van der Waals surface area contributed by atoms with Crippen LogP contribution in [0.25, 0.3) is 0 Å². The smallest absolute Gasteiger partial charge is 0.337 e. The van der Waals surface area contributed by atoms with Crippen molar-refractivity contribution in [1.29, 1.82) is 0 Å². The zero-order chi connectivity index (χ0) is 21.0. The monoisotopic (exact) mass is 450 g/mol. The molecule has 1 atom stereocenters. The van der Waals surface area contributed by atoms with Crippen molar-refractivity contribution in [3.05, 3.63) is 33.8 Å². The molecule has 0 amide bonds. The lowest BCUT2D eigenvalue weighted by Crippen LogP contribution is -2.43. The van der Waals surface area contributed by atoms with E-state index in [1.807, 2.05) is 12.1 Å². The predicted molar refractivity (Wildman–Crippen MR) is 115 cm³/mol. The number of carboxylic acids is 2. The van der Waals surface area contributed by atoms with E-state index in [1.165, 1.54) is 11.8 Å². The molecular weight excluding hydrogens is 423 g/mol. The van der Waals surface area contributed by atoms with Crippen molar-refractivity contribution in [3.8, 4) is 0 Å². The summed E-state index contributed by atoms with van der Waals surface area (Å²) in [6.07, 6.45) is 7.80. The molecule has 5 nitrogen and oxygen atoms in total. The lowest BCUT2D eigenvalue weighted by molar-refractivity contribution is -0.162. The fourth-order valence-electron chi connectivity index (χ4n) is 2.81. The van der Waals surface area contributed by atoms with Crippen molar-refractivity contribution in [1.82, 2.24) is 0 Å². The first-order chi connectivity index (χ1) is 13.2. The maximum Gasteiger partial charge on any atom is 0.337 e. The topological polar surface area (TPSA) is 94.8 Å². The highest BCUT2D eigenvalue weighted by molar-refractivity contribution is 7.99. The van der Waals surface area contributed by atoms with Crippen LogP contribution in [-0.4, -0.2) is 44.4 Å². The molecule has 0 saturated carbocycles. The van der Waals surface area contributed by atoms with Gasteiger partial charge in [0.2, 0.25) is 0 Å². The Morgan fingerprint density at radius 2 is 1.57 bits per heavy atom. The molecule has 0 spiro atoms. The number of hydrogen-bond donors (Lipinski definition) is 3. The zero-order valence-corrected chi connectivity index (χ0v) is 18.2. The Kier molecular flexibility index (Phi) is 11.9. The number of aryl methyl sites for hydroxylation is 1. The van der Waals surface area contributed by atoms with Crippen molar-refractivity contribution >= 4 is 46.9 Å². The number of aliphatic hydroxyl groups is 1. The molecule has 1 rings (SSSR count). The number of unbranched alkanes of at least 4 members (excludes halogenated alkanes) is 6. The van der Waals surface area contributed by atoms with E-state index in [4.69, 9.17) is 33.4 Å². The minimum Gasteiger partial charge on any atom is -0.481 e. The molecule has 28 heavy (non-hydrogen) atoms. The summed E-state index contributed by atoms with van der Waals surface area (Å²) in [5, 5.41) is 28.9. The summed E-state index contributed by atoms with van der Waals surface area (Å²) in [5.41, 5.74) is -1.06. The fourth-order valence-corrected chi connectivity index (χ4v) is 4.43. The molecule has 8 heteroatoms. The molecule has 0 unspecified atom stereocenters. The molecule has 0 fully saturated rings. The van der Waals surface area contributed by atoms with Crippen LogP contribution in [0.4, 0.5) is 0 Å². The summed E-state index contributed by atoms with van der Waals surface area (Å²) >= 11 is 13.3. The summed E-state index contributed by atoms with van der Waals surface area (Å²) in [6, 6.07) is 5.61. The van der Waals surface area contributed by atoms with Gasteiger partial charge in [0.05, 0.1) is 6.42 Å². The minimum absolute atomic E-state index is 0.109. The molecule has 0 aliphatic carbocycles. The van der Waals surface area contributed by atoms with Crippen LogP contribution in [0.1, 0.15) is 56.9 Å². The van der Waals surface area contributed by atoms with Gasteiger partial charge in [-0.05, 0) is 42.7 Å². The van der Waals surface area contributed by atoms with Gasteiger partial charge in [0, 0.05) is 15.8 Å². The zero-order valence-electron chi connectivity index (χ0n) is 15.8. The number of rotatable bonds is 15. The molecule has 0 saturated heterocycles.